The molecule has 2 aromatic rings. The van der Waals surface area contributed by atoms with Crippen LogP contribution in [0, 0.1) is 11.8 Å². The molecule has 0 saturated heterocycles. The van der Waals surface area contributed by atoms with Gasteiger partial charge in [-0.3, -0.25) is 9.59 Å². The zero-order chi connectivity index (χ0) is 15.8. The number of thiophene rings is 1. The largest absolute Gasteiger partial charge is 0.345 e. The Bertz CT molecular complexity index is 695. The minimum absolute atomic E-state index is 0.0299. The highest BCUT2D eigenvalue weighted by atomic mass is 32.1. The van der Waals surface area contributed by atoms with Crippen molar-refractivity contribution in [3.63, 3.8) is 0 Å². The quantitative estimate of drug-likeness (QED) is 0.852. The van der Waals surface area contributed by atoms with Gasteiger partial charge in [0.1, 0.15) is 0 Å². The zero-order valence-corrected chi connectivity index (χ0v) is 13.0. The number of carbonyl (C=O) groups excluding carboxylic acids is 2. The molecule has 2 amide bonds. The highest BCUT2D eigenvalue weighted by Crippen LogP contribution is 2.09. The fourth-order valence-corrected chi connectivity index (χ4v) is 2.47. The molecule has 0 atom stereocenters. The van der Waals surface area contributed by atoms with E-state index in [1.165, 1.54) is 6.92 Å². The van der Waals surface area contributed by atoms with Gasteiger partial charge in [-0.2, -0.15) is 0 Å². The maximum absolute atomic E-state index is 11.7. The molecule has 112 valence electrons. The second-order valence-electron chi connectivity index (χ2n) is 4.59. The molecule has 0 aliphatic carbocycles. The maximum atomic E-state index is 11.7. The predicted molar refractivity (Wildman–Crippen MR) is 88.7 cm³/mol. The Labute approximate surface area is 133 Å². The lowest BCUT2D eigenvalue weighted by atomic mass is 10.2. The number of rotatable bonds is 4. The van der Waals surface area contributed by atoms with Crippen LogP contribution in [0.2, 0.25) is 0 Å². The average molecular weight is 312 g/mol. The first-order valence-corrected chi connectivity index (χ1v) is 7.67. The van der Waals surface area contributed by atoms with Crippen LogP contribution in [-0.4, -0.2) is 18.4 Å². The Morgan fingerprint density at radius 3 is 2.59 bits per heavy atom. The molecule has 4 nitrogen and oxygen atoms in total. The number of amides is 2. The molecule has 0 radical (unpaired) electrons. The van der Waals surface area contributed by atoms with Crippen molar-refractivity contribution < 1.29 is 9.59 Å². The van der Waals surface area contributed by atoms with Gasteiger partial charge in [-0.15, -0.1) is 11.3 Å². The Hall–Kier alpha value is -2.58. The van der Waals surface area contributed by atoms with E-state index in [4.69, 9.17) is 0 Å². The highest BCUT2D eigenvalue weighted by molar-refractivity contribution is 7.10. The standard InChI is InChI=1S/C17H16N2O2S/c1-13(20)19-15-8-6-14(7-9-15)4-2-10-18-17(21)12-16-5-3-11-22-16/h3,5-9,11H,10,12H2,1H3,(H,18,21)(H,19,20). The van der Waals surface area contributed by atoms with Crippen molar-refractivity contribution in [2.24, 2.45) is 0 Å². The van der Waals surface area contributed by atoms with Gasteiger partial charge in [-0.1, -0.05) is 17.9 Å². The molecule has 5 heteroatoms. The van der Waals surface area contributed by atoms with E-state index < -0.39 is 0 Å². The van der Waals surface area contributed by atoms with Crippen LogP contribution in [0.1, 0.15) is 17.4 Å². The number of benzene rings is 1. The third-order valence-corrected chi connectivity index (χ3v) is 3.60. The lowest BCUT2D eigenvalue weighted by Gasteiger charge is -2.01. The molecule has 2 N–H and O–H groups in total. The van der Waals surface area contributed by atoms with E-state index in [1.807, 2.05) is 29.6 Å². The van der Waals surface area contributed by atoms with Crippen LogP contribution >= 0.6 is 11.3 Å². The normalized spacial score (nSPS) is 9.50. The topological polar surface area (TPSA) is 58.2 Å². The van der Waals surface area contributed by atoms with E-state index in [9.17, 15) is 9.59 Å². The van der Waals surface area contributed by atoms with Crippen LogP contribution in [0.5, 0.6) is 0 Å². The number of hydrogen-bond donors (Lipinski definition) is 2. The number of nitrogens with one attached hydrogen (secondary N) is 2. The minimum atomic E-state index is -0.104. The van der Waals surface area contributed by atoms with Crippen LogP contribution in [0.15, 0.2) is 41.8 Å². The summed E-state index contributed by atoms with van der Waals surface area (Å²) < 4.78 is 0. The predicted octanol–water partition coefficient (Wildman–Crippen LogP) is 2.42. The van der Waals surface area contributed by atoms with Crippen molar-refractivity contribution in [3.8, 4) is 11.8 Å². The van der Waals surface area contributed by atoms with Crippen LogP contribution < -0.4 is 10.6 Å². The van der Waals surface area contributed by atoms with Crippen LogP contribution in [0.3, 0.4) is 0 Å². The van der Waals surface area contributed by atoms with E-state index in [0.29, 0.717) is 13.0 Å². The Kier molecular flexibility index (Phi) is 5.75. The third kappa shape index (κ3) is 5.43. The van der Waals surface area contributed by atoms with Gasteiger partial charge in [0.2, 0.25) is 11.8 Å². The molecule has 1 aromatic carbocycles. The molecule has 0 aliphatic rings. The molecule has 0 saturated carbocycles. The van der Waals surface area contributed by atoms with Gasteiger partial charge in [0.25, 0.3) is 0 Å². The zero-order valence-electron chi connectivity index (χ0n) is 12.2. The van der Waals surface area contributed by atoms with Crippen molar-refractivity contribution in [2.45, 2.75) is 13.3 Å². The van der Waals surface area contributed by atoms with E-state index >= 15 is 0 Å². The number of hydrogen-bond acceptors (Lipinski definition) is 3. The van der Waals surface area contributed by atoms with E-state index in [2.05, 4.69) is 22.5 Å². The Morgan fingerprint density at radius 1 is 1.18 bits per heavy atom. The first-order chi connectivity index (χ1) is 10.6. The number of anilines is 1. The minimum Gasteiger partial charge on any atom is -0.345 e. The molecule has 2 rings (SSSR count). The van der Waals surface area contributed by atoms with Gasteiger partial charge < -0.3 is 10.6 Å². The molecule has 0 fully saturated rings. The average Bonchev–Trinajstić information content (AvgIpc) is 2.97. The van der Waals surface area contributed by atoms with Crippen molar-refractivity contribution in [1.29, 1.82) is 0 Å². The SMILES string of the molecule is CC(=O)Nc1ccc(C#CCNC(=O)Cc2cccs2)cc1. The van der Waals surface area contributed by atoms with Gasteiger partial charge >= 0.3 is 0 Å². The Morgan fingerprint density at radius 2 is 1.95 bits per heavy atom. The molecule has 22 heavy (non-hydrogen) atoms. The summed E-state index contributed by atoms with van der Waals surface area (Å²) in [6.07, 6.45) is 0.394. The van der Waals surface area contributed by atoms with Crippen molar-refractivity contribution in [3.05, 3.63) is 52.2 Å². The summed E-state index contributed by atoms with van der Waals surface area (Å²) in [6.45, 7) is 1.78. The van der Waals surface area contributed by atoms with E-state index in [0.717, 1.165) is 16.1 Å². The first kappa shape index (κ1) is 15.8. The second kappa shape index (κ2) is 8.01. The van der Waals surface area contributed by atoms with Gasteiger partial charge in [0, 0.05) is 23.1 Å². The molecule has 0 unspecified atom stereocenters. The van der Waals surface area contributed by atoms with Crippen LogP contribution in [-0.2, 0) is 16.0 Å². The summed E-state index contributed by atoms with van der Waals surface area (Å²) in [5.41, 5.74) is 1.57. The summed E-state index contributed by atoms with van der Waals surface area (Å²) in [5.74, 6) is 5.74. The monoisotopic (exact) mass is 312 g/mol. The van der Waals surface area contributed by atoms with Crippen LogP contribution in [0.4, 0.5) is 5.69 Å². The summed E-state index contributed by atoms with van der Waals surface area (Å²) >= 11 is 1.57. The molecule has 1 aromatic heterocycles. The smallest absolute Gasteiger partial charge is 0.226 e. The second-order valence-corrected chi connectivity index (χ2v) is 5.63. The van der Waals surface area contributed by atoms with E-state index in [-0.39, 0.29) is 11.8 Å². The Balaban J connectivity index is 1.78. The van der Waals surface area contributed by atoms with Crippen molar-refractivity contribution in [2.75, 3.05) is 11.9 Å². The summed E-state index contributed by atoms with van der Waals surface area (Å²) in [7, 11) is 0. The lowest BCUT2D eigenvalue weighted by molar-refractivity contribution is -0.120. The van der Waals surface area contributed by atoms with Crippen molar-refractivity contribution in [1.82, 2.24) is 5.32 Å². The van der Waals surface area contributed by atoms with E-state index in [1.54, 1.807) is 23.5 Å². The molecular formula is C17H16N2O2S. The third-order valence-electron chi connectivity index (χ3n) is 2.73. The molecule has 0 spiro atoms. The maximum Gasteiger partial charge on any atom is 0.226 e. The first-order valence-electron chi connectivity index (χ1n) is 6.79. The molecule has 0 bridgehead atoms. The van der Waals surface area contributed by atoms with Gasteiger partial charge in [-0.05, 0) is 35.7 Å². The molecule has 0 aliphatic heterocycles. The lowest BCUT2D eigenvalue weighted by Crippen LogP contribution is -2.24. The highest BCUT2D eigenvalue weighted by Gasteiger charge is 2.01. The van der Waals surface area contributed by atoms with Crippen LogP contribution in [0.25, 0.3) is 0 Å². The number of carbonyl (C=O) groups is 2. The van der Waals surface area contributed by atoms with Crippen molar-refractivity contribution >= 4 is 28.8 Å². The fraction of sp³-hybridized carbons (Fsp3) is 0.176. The van der Waals surface area contributed by atoms with Gasteiger partial charge in [-0.25, -0.2) is 0 Å². The summed E-state index contributed by atoms with van der Waals surface area (Å²) in [5, 5.41) is 7.41. The summed E-state index contributed by atoms with van der Waals surface area (Å²) in [4.78, 5) is 23.6. The van der Waals surface area contributed by atoms with Gasteiger partial charge in [0.05, 0.1) is 13.0 Å². The molecule has 1 heterocycles. The fourth-order valence-electron chi connectivity index (χ4n) is 1.76. The molecular weight excluding hydrogens is 296 g/mol. The summed E-state index contributed by atoms with van der Waals surface area (Å²) in [6, 6.07) is 11.1. The van der Waals surface area contributed by atoms with Gasteiger partial charge in [0.15, 0.2) is 0 Å².